The van der Waals surface area contributed by atoms with Crippen molar-refractivity contribution in [1.29, 1.82) is 0 Å². The van der Waals surface area contributed by atoms with Gasteiger partial charge in [0.2, 0.25) is 0 Å². The van der Waals surface area contributed by atoms with Crippen LogP contribution in [0.3, 0.4) is 0 Å². The molecule has 28 heavy (non-hydrogen) atoms. The highest BCUT2D eigenvalue weighted by Gasteiger charge is 2.43. The van der Waals surface area contributed by atoms with Gasteiger partial charge >= 0.3 is 12.4 Å². The SMILES string of the molecule is CC(C1=NC(N)C(=S)C(C(F)(F)F)=N1)c1cc2c(C(F)(F)F)c[nH]c2c(Cl)n1. The molecule has 0 saturated heterocycles. The Morgan fingerprint density at radius 3 is 2.43 bits per heavy atom. The third-order valence-corrected chi connectivity index (χ3v) is 4.76. The van der Waals surface area contributed by atoms with Crippen molar-refractivity contribution < 1.29 is 26.3 Å². The van der Waals surface area contributed by atoms with Gasteiger partial charge < -0.3 is 10.7 Å². The molecule has 0 aromatic carbocycles. The smallest absolute Gasteiger partial charge is 0.358 e. The molecule has 2 aromatic rings. The van der Waals surface area contributed by atoms with Gasteiger partial charge in [0.25, 0.3) is 0 Å². The van der Waals surface area contributed by atoms with Gasteiger partial charge in [-0.25, -0.2) is 15.0 Å². The first-order valence-electron chi connectivity index (χ1n) is 7.58. The van der Waals surface area contributed by atoms with E-state index in [9.17, 15) is 26.3 Å². The number of hydrogen-bond donors (Lipinski definition) is 2. The summed E-state index contributed by atoms with van der Waals surface area (Å²) >= 11 is 10.6. The molecule has 3 N–H and O–H groups in total. The lowest BCUT2D eigenvalue weighted by molar-refractivity contribution is -0.136. The van der Waals surface area contributed by atoms with Crippen LogP contribution in [0.15, 0.2) is 22.2 Å². The monoisotopic (exact) mass is 441 g/mol. The fraction of sp³-hybridized carbons (Fsp3) is 0.333. The van der Waals surface area contributed by atoms with Crippen LogP contribution in [0.5, 0.6) is 0 Å². The van der Waals surface area contributed by atoms with Crippen LogP contribution in [0.4, 0.5) is 26.3 Å². The summed E-state index contributed by atoms with van der Waals surface area (Å²) in [6.07, 6.45) is -10.2. The first kappa shape index (κ1) is 20.7. The third-order valence-electron chi connectivity index (χ3n) is 4.05. The highest BCUT2D eigenvalue weighted by atomic mass is 35.5. The Bertz CT molecular complexity index is 1020. The number of thiocarbonyl (C=S) groups is 1. The van der Waals surface area contributed by atoms with E-state index < -0.39 is 40.6 Å². The zero-order valence-corrected chi connectivity index (χ0v) is 15.4. The molecule has 0 saturated carbocycles. The lowest BCUT2D eigenvalue weighted by atomic mass is 10.0. The summed E-state index contributed by atoms with van der Waals surface area (Å²) in [5, 5.41) is -0.545. The lowest BCUT2D eigenvalue weighted by Crippen LogP contribution is -2.44. The number of aromatic nitrogens is 2. The van der Waals surface area contributed by atoms with E-state index in [0.29, 0.717) is 0 Å². The van der Waals surface area contributed by atoms with E-state index in [-0.39, 0.29) is 27.6 Å². The summed E-state index contributed by atoms with van der Waals surface area (Å²) in [6.45, 7) is 1.38. The number of nitrogens with one attached hydrogen (secondary N) is 1. The number of nitrogens with zero attached hydrogens (tertiary/aromatic N) is 3. The van der Waals surface area contributed by atoms with Gasteiger partial charge in [-0.2, -0.15) is 26.3 Å². The lowest BCUT2D eigenvalue weighted by Gasteiger charge is -2.22. The number of amidine groups is 1. The minimum Gasteiger partial charge on any atom is -0.358 e. The van der Waals surface area contributed by atoms with Crippen molar-refractivity contribution in [3.63, 3.8) is 0 Å². The zero-order chi connectivity index (χ0) is 21.0. The Morgan fingerprint density at radius 2 is 1.86 bits per heavy atom. The second-order valence-corrected chi connectivity index (χ2v) is 6.73. The molecule has 0 spiro atoms. The molecule has 0 aliphatic carbocycles. The van der Waals surface area contributed by atoms with E-state index in [1.807, 2.05) is 0 Å². The second kappa shape index (κ2) is 6.78. The minimum atomic E-state index is -4.85. The molecule has 1 aliphatic rings. The van der Waals surface area contributed by atoms with Crippen LogP contribution in [0.1, 0.15) is 24.1 Å². The summed E-state index contributed by atoms with van der Waals surface area (Å²) in [5.41, 5.74) is 3.10. The average Bonchev–Trinajstić information content (AvgIpc) is 3.00. The number of hydrogen-bond acceptors (Lipinski definition) is 5. The molecule has 0 fully saturated rings. The largest absolute Gasteiger partial charge is 0.434 e. The topological polar surface area (TPSA) is 79.4 Å². The third kappa shape index (κ3) is 3.63. The maximum absolute atomic E-state index is 13.2. The average molecular weight is 442 g/mol. The number of pyridine rings is 1. The Hall–Kier alpha value is -2.05. The van der Waals surface area contributed by atoms with Crippen LogP contribution < -0.4 is 5.73 Å². The quantitative estimate of drug-likeness (QED) is 0.411. The zero-order valence-electron chi connectivity index (χ0n) is 13.8. The van der Waals surface area contributed by atoms with Gasteiger partial charge in [-0.3, -0.25) is 0 Å². The van der Waals surface area contributed by atoms with Crippen LogP contribution >= 0.6 is 23.8 Å². The molecule has 0 bridgehead atoms. The minimum absolute atomic E-state index is 0.0483. The highest BCUT2D eigenvalue weighted by Crippen LogP contribution is 2.38. The molecule has 2 aromatic heterocycles. The fourth-order valence-electron chi connectivity index (χ4n) is 2.64. The van der Waals surface area contributed by atoms with Crippen molar-refractivity contribution in [2.75, 3.05) is 0 Å². The number of rotatable bonds is 2. The molecule has 2 unspecified atom stereocenters. The van der Waals surface area contributed by atoms with E-state index in [1.54, 1.807) is 0 Å². The van der Waals surface area contributed by atoms with Gasteiger partial charge in [0.05, 0.1) is 27.6 Å². The Morgan fingerprint density at radius 1 is 1.21 bits per heavy atom. The number of H-pyrrole nitrogens is 1. The van der Waals surface area contributed by atoms with Crippen LogP contribution in [-0.4, -0.2) is 38.7 Å². The van der Waals surface area contributed by atoms with E-state index in [1.165, 1.54) is 6.92 Å². The molecule has 2 atom stereocenters. The molecule has 0 amide bonds. The molecule has 5 nitrogen and oxygen atoms in total. The summed E-state index contributed by atoms with van der Waals surface area (Å²) in [6, 6.07) is 1.08. The first-order chi connectivity index (χ1) is 12.8. The number of aromatic amines is 1. The van der Waals surface area contributed by atoms with Crippen molar-refractivity contribution in [2.24, 2.45) is 15.7 Å². The van der Waals surface area contributed by atoms with Gasteiger partial charge in [0, 0.05) is 11.6 Å². The van der Waals surface area contributed by atoms with Gasteiger partial charge in [-0.1, -0.05) is 23.8 Å². The first-order valence-corrected chi connectivity index (χ1v) is 8.37. The van der Waals surface area contributed by atoms with Gasteiger partial charge in [0.15, 0.2) is 10.9 Å². The van der Waals surface area contributed by atoms with Crippen LogP contribution in [0, 0.1) is 0 Å². The summed E-state index contributed by atoms with van der Waals surface area (Å²) in [4.78, 5) is 12.9. The summed E-state index contributed by atoms with van der Waals surface area (Å²) in [5.74, 6) is -1.38. The Kier molecular flexibility index (Phi) is 5.01. The van der Waals surface area contributed by atoms with Crippen molar-refractivity contribution >= 4 is 51.1 Å². The summed E-state index contributed by atoms with van der Waals surface area (Å²) in [7, 11) is 0. The second-order valence-electron chi connectivity index (χ2n) is 5.94. The van der Waals surface area contributed by atoms with Crippen molar-refractivity contribution in [3.8, 4) is 0 Å². The van der Waals surface area contributed by atoms with Crippen LogP contribution in [0.2, 0.25) is 5.15 Å². The molecule has 150 valence electrons. The van der Waals surface area contributed by atoms with Gasteiger partial charge in [-0.05, 0) is 13.0 Å². The Balaban J connectivity index is 2.11. The van der Waals surface area contributed by atoms with Crippen molar-refractivity contribution in [1.82, 2.24) is 9.97 Å². The maximum Gasteiger partial charge on any atom is 0.434 e. The molecule has 0 radical (unpaired) electrons. The van der Waals surface area contributed by atoms with E-state index in [4.69, 9.17) is 17.3 Å². The normalized spacial score (nSPS) is 19.6. The summed E-state index contributed by atoms with van der Waals surface area (Å²) < 4.78 is 78.9. The predicted octanol–water partition coefficient (Wildman–Crippen LogP) is 4.41. The number of alkyl halides is 6. The van der Waals surface area contributed by atoms with E-state index in [2.05, 4.69) is 32.2 Å². The number of fused-ring (bicyclic) bond motifs is 1. The molecule has 3 heterocycles. The van der Waals surface area contributed by atoms with Crippen LogP contribution in [0.25, 0.3) is 10.9 Å². The number of halogens is 7. The van der Waals surface area contributed by atoms with Gasteiger partial charge in [0.1, 0.15) is 12.0 Å². The van der Waals surface area contributed by atoms with E-state index >= 15 is 0 Å². The van der Waals surface area contributed by atoms with Crippen LogP contribution in [-0.2, 0) is 6.18 Å². The Labute approximate surface area is 163 Å². The standard InChI is InChI=1S/C15H10ClF6N5S/c1-4(13-26-10(15(20,21)22)9(28)12(23)27-13)7-2-5-6(14(17,18)19)3-24-8(5)11(16)25-7/h2-4,12,24H,23H2,1H3. The van der Waals surface area contributed by atoms with Crippen molar-refractivity contribution in [2.45, 2.75) is 31.4 Å². The van der Waals surface area contributed by atoms with Gasteiger partial charge in [-0.15, -0.1) is 0 Å². The molecule has 13 heteroatoms. The molecular weight excluding hydrogens is 432 g/mol. The fourth-order valence-corrected chi connectivity index (χ4v) is 3.11. The molecule has 1 aliphatic heterocycles. The number of nitrogens with two attached hydrogens (primary N) is 1. The maximum atomic E-state index is 13.2. The predicted molar refractivity (Wildman–Crippen MR) is 96.0 cm³/mol. The van der Waals surface area contributed by atoms with Crippen molar-refractivity contribution in [3.05, 3.63) is 28.7 Å². The molecule has 3 rings (SSSR count). The molecular formula is C15H10ClF6N5S. The highest BCUT2D eigenvalue weighted by molar-refractivity contribution is 7.82. The number of aliphatic imine (C=N–C) groups is 2. The van der Waals surface area contributed by atoms with E-state index in [0.717, 1.165) is 12.3 Å².